The SMILES string of the molecule is O=C(O)c1cccc(N=NCc2cccs2)c1. The molecule has 0 fully saturated rings. The van der Waals surface area contributed by atoms with E-state index in [1.807, 2.05) is 17.5 Å². The molecule has 4 nitrogen and oxygen atoms in total. The van der Waals surface area contributed by atoms with Crippen LogP contribution in [0.1, 0.15) is 15.2 Å². The molecule has 0 aliphatic heterocycles. The number of carbonyl (C=O) groups is 1. The number of carboxylic acid groups (broad SMARTS) is 1. The molecule has 0 spiro atoms. The normalized spacial score (nSPS) is 10.8. The zero-order valence-corrected chi connectivity index (χ0v) is 9.72. The lowest BCUT2D eigenvalue weighted by molar-refractivity contribution is 0.0697. The van der Waals surface area contributed by atoms with Gasteiger partial charge in [0.1, 0.15) is 0 Å². The smallest absolute Gasteiger partial charge is 0.335 e. The van der Waals surface area contributed by atoms with Gasteiger partial charge >= 0.3 is 5.97 Å². The Labute approximate surface area is 102 Å². The van der Waals surface area contributed by atoms with E-state index in [0.29, 0.717) is 12.2 Å². The first-order valence-corrected chi connectivity index (χ1v) is 5.87. The molecule has 2 rings (SSSR count). The van der Waals surface area contributed by atoms with Crippen molar-refractivity contribution in [2.45, 2.75) is 6.54 Å². The Morgan fingerprint density at radius 3 is 2.88 bits per heavy atom. The van der Waals surface area contributed by atoms with Crippen molar-refractivity contribution in [3.63, 3.8) is 0 Å². The summed E-state index contributed by atoms with van der Waals surface area (Å²) in [6.07, 6.45) is 0. The lowest BCUT2D eigenvalue weighted by Crippen LogP contribution is -1.94. The van der Waals surface area contributed by atoms with E-state index in [1.54, 1.807) is 23.5 Å². The lowest BCUT2D eigenvalue weighted by atomic mass is 10.2. The van der Waals surface area contributed by atoms with Crippen LogP contribution in [0.25, 0.3) is 0 Å². The molecule has 0 unspecified atom stereocenters. The fourth-order valence-electron chi connectivity index (χ4n) is 1.29. The highest BCUT2D eigenvalue weighted by molar-refractivity contribution is 7.09. The van der Waals surface area contributed by atoms with E-state index in [-0.39, 0.29) is 5.56 Å². The Bertz CT molecular complexity index is 535. The highest BCUT2D eigenvalue weighted by Crippen LogP contribution is 2.16. The van der Waals surface area contributed by atoms with Gasteiger partial charge in [0.05, 0.1) is 17.8 Å². The molecule has 2 aromatic rings. The third-order valence-electron chi connectivity index (χ3n) is 2.09. The summed E-state index contributed by atoms with van der Waals surface area (Å²) in [7, 11) is 0. The van der Waals surface area contributed by atoms with Crippen LogP contribution < -0.4 is 0 Å². The average molecular weight is 246 g/mol. The molecule has 0 radical (unpaired) electrons. The lowest BCUT2D eigenvalue weighted by Gasteiger charge is -1.95. The number of hydrogen-bond donors (Lipinski definition) is 1. The fourth-order valence-corrected chi connectivity index (χ4v) is 1.91. The molecule has 1 N–H and O–H groups in total. The van der Waals surface area contributed by atoms with Crippen LogP contribution in [-0.4, -0.2) is 11.1 Å². The maximum Gasteiger partial charge on any atom is 0.335 e. The van der Waals surface area contributed by atoms with Crippen molar-refractivity contribution in [1.82, 2.24) is 0 Å². The molecule has 0 amide bonds. The molecule has 1 aromatic heterocycles. The molecular formula is C12H10N2O2S. The summed E-state index contributed by atoms with van der Waals surface area (Å²) < 4.78 is 0. The molecule has 0 aliphatic carbocycles. The molecule has 86 valence electrons. The van der Waals surface area contributed by atoms with E-state index in [2.05, 4.69) is 10.2 Å². The minimum Gasteiger partial charge on any atom is -0.478 e. The quantitative estimate of drug-likeness (QED) is 0.835. The maximum absolute atomic E-state index is 10.7. The van der Waals surface area contributed by atoms with E-state index in [1.165, 1.54) is 12.1 Å². The van der Waals surface area contributed by atoms with Crippen LogP contribution in [0.2, 0.25) is 0 Å². The third-order valence-corrected chi connectivity index (χ3v) is 2.95. The Balaban J connectivity index is 2.05. The summed E-state index contributed by atoms with van der Waals surface area (Å²) in [5.41, 5.74) is 0.777. The Morgan fingerprint density at radius 1 is 1.29 bits per heavy atom. The second kappa shape index (κ2) is 5.36. The van der Waals surface area contributed by atoms with Gasteiger partial charge in [0.2, 0.25) is 0 Å². The Morgan fingerprint density at radius 2 is 2.18 bits per heavy atom. The fraction of sp³-hybridized carbons (Fsp3) is 0.0833. The van der Waals surface area contributed by atoms with Crippen LogP contribution in [0.15, 0.2) is 52.0 Å². The summed E-state index contributed by atoms with van der Waals surface area (Å²) in [6.45, 7) is 0.523. The van der Waals surface area contributed by atoms with Gasteiger partial charge in [-0.1, -0.05) is 12.1 Å². The number of benzene rings is 1. The van der Waals surface area contributed by atoms with Gasteiger partial charge in [0.15, 0.2) is 0 Å². The highest BCUT2D eigenvalue weighted by atomic mass is 32.1. The van der Waals surface area contributed by atoms with Gasteiger partial charge in [-0.05, 0) is 29.6 Å². The summed E-state index contributed by atoms with van der Waals surface area (Å²) in [5.74, 6) is -0.958. The van der Waals surface area contributed by atoms with Crippen molar-refractivity contribution in [1.29, 1.82) is 0 Å². The first-order valence-electron chi connectivity index (χ1n) is 4.99. The molecule has 0 saturated heterocycles. The molecule has 1 aromatic carbocycles. The molecule has 5 heteroatoms. The summed E-state index contributed by atoms with van der Waals surface area (Å²) in [6, 6.07) is 10.4. The highest BCUT2D eigenvalue weighted by Gasteiger charge is 2.02. The van der Waals surface area contributed by atoms with E-state index < -0.39 is 5.97 Å². The number of hydrogen-bond acceptors (Lipinski definition) is 4. The summed E-state index contributed by atoms with van der Waals surface area (Å²) >= 11 is 1.62. The number of thiophene rings is 1. The second-order valence-electron chi connectivity index (χ2n) is 3.33. The summed E-state index contributed by atoms with van der Waals surface area (Å²) in [4.78, 5) is 11.9. The largest absolute Gasteiger partial charge is 0.478 e. The van der Waals surface area contributed by atoms with Crippen LogP contribution >= 0.6 is 11.3 Å². The van der Waals surface area contributed by atoms with Gasteiger partial charge in [0, 0.05) is 4.88 Å². The van der Waals surface area contributed by atoms with Crippen molar-refractivity contribution in [3.8, 4) is 0 Å². The third kappa shape index (κ3) is 3.22. The zero-order chi connectivity index (χ0) is 12.1. The predicted molar refractivity (Wildman–Crippen MR) is 65.9 cm³/mol. The number of carboxylic acids is 1. The Kier molecular flexibility index (Phi) is 3.62. The molecular weight excluding hydrogens is 236 g/mol. The first kappa shape index (κ1) is 11.5. The standard InChI is InChI=1S/C12H10N2O2S/c15-12(16)9-3-1-4-10(7-9)14-13-8-11-5-2-6-17-11/h1-7H,8H2,(H,15,16). The molecule has 17 heavy (non-hydrogen) atoms. The number of nitrogens with zero attached hydrogens (tertiary/aromatic N) is 2. The first-order chi connectivity index (χ1) is 8.25. The minimum atomic E-state index is -0.958. The number of rotatable bonds is 4. The van der Waals surface area contributed by atoms with Crippen molar-refractivity contribution in [2.24, 2.45) is 10.2 Å². The summed E-state index contributed by atoms with van der Waals surface area (Å²) in [5, 5.41) is 18.8. The molecule has 0 saturated carbocycles. The number of aromatic carboxylic acids is 1. The van der Waals surface area contributed by atoms with E-state index in [9.17, 15) is 4.79 Å². The second-order valence-corrected chi connectivity index (χ2v) is 4.37. The van der Waals surface area contributed by atoms with Crippen LogP contribution in [0, 0.1) is 0 Å². The van der Waals surface area contributed by atoms with Crippen LogP contribution in [0.4, 0.5) is 5.69 Å². The Hall–Kier alpha value is -2.01. The minimum absolute atomic E-state index is 0.220. The predicted octanol–water partition coefficient (Wildman–Crippen LogP) is 3.73. The molecule has 0 aliphatic rings. The van der Waals surface area contributed by atoms with E-state index in [4.69, 9.17) is 5.11 Å². The van der Waals surface area contributed by atoms with Crippen molar-refractivity contribution >= 4 is 23.0 Å². The molecule has 1 heterocycles. The maximum atomic E-state index is 10.7. The van der Waals surface area contributed by atoms with Gasteiger partial charge in [-0.15, -0.1) is 11.3 Å². The monoisotopic (exact) mass is 246 g/mol. The van der Waals surface area contributed by atoms with Gasteiger partial charge in [-0.2, -0.15) is 10.2 Å². The van der Waals surface area contributed by atoms with Gasteiger partial charge in [-0.3, -0.25) is 0 Å². The van der Waals surface area contributed by atoms with Crippen molar-refractivity contribution in [2.75, 3.05) is 0 Å². The van der Waals surface area contributed by atoms with Crippen LogP contribution in [-0.2, 0) is 6.54 Å². The van der Waals surface area contributed by atoms with E-state index in [0.717, 1.165) is 4.88 Å². The average Bonchev–Trinajstić information content (AvgIpc) is 2.82. The molecule has 0 bridgehead atoms. The van der Waals surface area contributed by atoms with Gasteiger partial charge in [-0.25, -0.2) is 4.79 Å². The van der Waals surface area contributed by atoms with Gasteiger partial charge < -0.3 is 5.11 Å². The van der Waals surface area contributed by atoms with Crippen LogP contribution in [0.5, 0.6) is 0 Å². The van der Waals surface area contributed by atoms with Gasteiger partial charge in [0.25, 0.3) is 0 Å². The van der Waals surface area contributed by atoms with Crippen molar-refractivity contribution < 1.29 is 9.90 Å². The van der Waals surface area contributed by atoms with Crippen LogP contribution in [0.3, 0.4) is 0 Å². The number of azo groups is 1. The topological polar surface area (TPSA) is 62.0 Å². The van der Waals surface area contributed by atoms with Crippen molar-refractivity contribution in [3.05, 3.63) is 52.2 Å². The molecule has 0 atom stereocenters. The zero-order valence-electron chi connectivity index (χ0n) is 8.91. The van der Waals surface area contributed by atoms with E-state index >= 15 is 0 Å².